The number of hydrogen-bond donors (Lipinski definition) is 0. The van der Waals surface area contributed by atoms with Gasteiger partial charge in [0.15, 0.2) is 10.8 Å². The lowest BCUT2D eigenvalue weighted by atomic mass is 10.2. The van der Waals surface area contributed by atoms with E-state index >= 15 is 0 Å². The van der Waals surface area contributed by atoms with Gasteiger partial charge < -0.3 is 4.90 Å². The van der Waals surface area contributed by atoms with Crippen molar-refractivity contribution in [3.8, 4) is 0 Å². The molecule has 0 saturated carbocycles. The highest BCUT2D eigenvalue weighted by Gasteiger charge is 2.30. The molecule has 6 nitrogen and oxygen atoms in total. The maximum atomic E-state index is 12.6. The van der Waals surface area contributed by atoms with Gasteiger partial charge in [0.25, 0.3) is 5.91 Å². The molecular formula is C15H17N3O3S2. The van der Waals surface area contributed by atoms with Crippen LogP contribution in [0.2, 0.25) is 0 Å². The number of thiazole rings is 1. The average Bonchev–Trinajstić information content (AvgIpc) is 2.97. The van der Waals surface area contributed by atoms with Gasteiger partial charge in [-0.2, -0.15) is 0 Å². The quantitative estimate of drug-likeness (QED) is 0.849. The largest absolute Gasteiger partial charge is 0.309 e. The summed E-state index contributed by atoms with van der Waals surface area (Å²) in [5.41, 5.74) is 0.769. The number of nitrogens with zero attached hydrogens (tertiary/aromatic N) is 3. The van der Waals surface area contributed by atoms with Crippen molar-refractivity contribution >= 4 is 38.8 Å². The van der Waals surface area contributed by atoms with E-state index in [1.807, 2.05) is 30.3 Å². The molecule has 8 heteroatoms. The Kier molecular flexibility index (Phi) is 4.11. The molecular weight excluding hydrogens is 334 g/mol. The van der Waals surface area contributed by atoms with Gasteiger partial charge in [-0.1, -0.05) is 18.2 Å². The minimum atomic E-state index is -3.37. The Hall–Kier alpha value is -1.93. The number of aryl methyl sites for hydroxylation is 1. The van der Waals surface area contributed by atoms with Gasteiger partial charge in [0.2, 0.25) is 10.0 Å². The summed E-state index contributed by atoms with van der Waals surface area (Å²) in [4.78, 5) is 19.3. The Balaban J connectivity index is 1.94. The number of hydrogen-bond acceptors (Lipinski definition) is 5. The lowest BCUT2D eigenvalue weighted by Crippen LogP contribution is -2.34. The Morgan fingerprint density at radius 1 is 1.30 bits per heavy atom. The molecule has 0 N–H and O–H groups in total. The van der Waals surface area contributed by atoms with Crippen molar-refractivity contribution in [2.75, 3.05) is 29.1 Å². The molecule has 122 valence electrons. The number of carbonyl (C=O) groups is 1. The molecule has 1 amide bonds. The summed E-state index contributed by atoms with van der Waals surface area (Å²) in [6.07, 6.45) is 2.66. The zero-order valence-corrected chi connectivity index (χ0v) is 14.5. The van der Waals surface area contributed by atoms with E-state index in [4.69, 9.17) is 0 Å². The van der Waals surface area contributed by atoms with Crippen LogP contribution in [0.3, 0.4) is 0 Å². The van der Waals surface area contributed by atoms with E-state index in [9.17, 15) is 13.2 Å². The van der Waals surface area contributed by atoms with Crippen molar-refractivity contribution < 1.29 is 13.2 Å². The van der Waals surface area contributed by atoms with E-state index in [0.717, 1.165) is 23.4 Å². The van der Waals surface area contributed by atoms with Crippen LogP contribution in [0.4, 0.5) is 11.5 Å². The summed E-state index contributed by atoms with van der Waals surface area (Å²) >= 11 is 1.28. The van der Waals surface area contributed by atoms with E-state index in [2.05, 4.69) is 4.98 Å². The van der Waals surface area contributed by atoms with Crippen LogP contribution in [0.5, 0.6) is 0 Å². The normalized spacial score (nSPS) is 14.4. The van der Waals surface area contributed by atoms with Crippen LogP contribution >= 0.6 is 11.3 Å². The second-order valence-corrected chi connectivity index (χ2v) is 8.39. The Morgan fingerprint density at radius 2 is 2.00 bits per heavy atom. The molecule has 1 aliphatic heterocycles. The fraction of sp³-hybridized carbons (Fsp3) is 0.333. The van der Waals surface area contributed by atoms with Crippen LogP contribution in [0.25, 0.3) is 0 Å². The van der Waals surface area contributed by atoms with Crippen LogP contribution in [-0.2, 0) is 16.4 Å². The fourth-order valence-electron chi connectivity index (χ4n) is 2.52. The SMILES string of the molecule is CN(C(=O)c1nc2c(s1)CCCN2S(C)(=O)=O)c1ccccc1. The first-order valence-electron chi connectivity index (χ1n) is 7.18. The number of amides is 1. The first kappa shape index (κ1) is 15.9. The van der Waals surface area contributed by atoms with Gasteiger partial charge in [-0.3, -0.25) is 9.10 Å². The first-order chi connectivity index (χ1) is 10.9. The topological polar surface area (TPSA) is 70.6 Å². The molecule has 0 aliphatic carbocycles. The lowest BCUT2D eigenvalue weighted by Gasteiger charge is -2.24. The number of rotatable bonds is 3. The number of carbonyl (C=O) groups excluding carboxylic acids is 1. The van der Waals surface area contributed by atoms with Crippen molar-refractivity contribution in [3.63, 3.8) is 0 Å². The molecule has 0 bridgehead atoms. The van der Waals surface area contributed by atoms with Crippen LogP contribution in [0.15, 0.2) is 30.3 Å². The summed E-state index contributed by atoms with van der Waals surface area (Å²) in [5.74, 6) is 0.178. The van der Waals surface area contributed by atoms with Gasteiger partial charge in [-0.15, -0.1) is 11.3 Å². The molecule has 0 radical (unpaired) electrons. The standard InChI is InChI=1S/C15H17N3O3S2/c1-17(11-7-4-3-5-8-11)15(19)14-16-13-12(22-14)9-6-10-18(13)23(2,20)21/h3-5,7-8H,6,9-10H2,1-2H3. The monoisotopic (exact) mass is 351 g/mol. The van der Waals surface area contributed by atoms with Gasteiger partial charge in [0.05, 0.1) is 11.1 Å². The Labute approximate surface area is 139 Å². The molecule has 0 unspecified atom stereocenters. The van der Waals surface area contributed by atoms with E-state index in [-0.39, 0.29) is 5.91 Å². The van der Waals surface area contributed by atoms with Gasteiger partial charge in [0.1, 0.15) is 0 Å². The first-order valence-corrected chi connectivity index (χ1v) is 9.85. The summed E-state index contributed by atoms with van der Waals surface area (Å²) in [6.45, 7) is 0.414. The van der Waals surface area contributed by atoms with Gasteiger partial charge >= 0.3 is 0 Å². The van der Waals surface area contributed by atoms with Crippen molar-refractivity contribution in [1.29, 1.82) is 0 Å². The molecule has 1 aromatic carbocycles. The molecule has 0 fully saturated rings. The minimum absolute atomic E-state index is 0.232. The molecule has 0 atom stereocenters. The Bertz CT molecular complexity index is 831. The number of benzene rings is 1. The zero-order valence-electron chi connectivity index (χ0n) is 12.9. The summed E-state index contributed by atoms with van der Waals surface area (Å²) in [5, 5.41) is 0.317. The zero-order chi connectivity index (χ0) is 16.6. The predicted molar refractivity (Wildman–Crippen MR) is 91.8 cm³/mol. The highest BCUT2D eigenvalue weighted by molar-refractivity contribution is 7.92. The number of aromatic nitrogens is 1. The number of sulfonamides is 1. The summed E-state index contributed by atoms with van der Waals surface area (Å²) in [6, 6.07) is 9.28. The minimum Gasteiger partial charge on any atom is -0.309 e. The average molecular weight is 351 g/mol. The third-order valence-electron chi connectivity index (χ3n) is 3.71. The second-order valence-electron chi connectivity index (χ2n) is 5.40. The van der Waals surface area contributed by atoms with Crippen LogP contribution in [0, 0.1) is 0 Å². The molecule has 1 aliphatic rings. The van der Waals surface area contributed by atoms with Gasteiger partial charge in [-0.25, -0.2) is 13.4 Å². The van der Waals surface area contributed by atoms with Crippen LogP contribution in [0.1, 0.15) is 21.1 Å². The number of para-hydroxylation sites is 1. The maximum Gasteiger partial charge on any atom is 0.287 e. The molecule has 2 aromatic rings. The number of fused-ring (bicyclic) bond motifs is 1. The predicted octanol–water partition coefficient (Wildman–Crippen LogP) is 2.13. The van der Waals surface area contributed by atoms with Crippen molar-refractivity contribution in [2.45, 2.75) is 12.8 Å². The smallest absolute Gasteiger partial charge is 0.287 e. The lowest BCUT2D eigenvalue weighted by molar-refractivity contribution is 0.0992. The number of anilines is 2. The summed E-state index contributed by atoms with van der Waals surface area (Å²) < 4.78 is 25.1. The summed E-state index contributed by atoms with van der Waals surface area (Å²) in [7, 11) is -1.68. The van der Waals surface area contributed by atoms with Crippen molar-refractivity contribution in [3.05, 3.63) is 40.2 Å². The second kappa shape index (κ2) is 5.93. The highest BCUT2D eigenvalue weighted by atomic mass is 32.2. The van der Waals surface area contributed by atoms with E-state index in [1.165, 1.54) is 26.8 Å². The molecule has 3 rings (SSSR count). The Morgan fingerprint density at radius 3 is 2.65 bits per heavy atom. The van der Waals surface area contributed by atoms with E-state index in [1.54, 1.807) is 7.05 Å². The maximum absolute atomic E-state index is 12.6. The third-order valence-corrected chi connectivity index (χ3v) is 5.96. The van der Waals surface area contributed by atoms with Crippen molar-refractivity contribution in [1.82, 2.24) is 4.98 Å². The molecule has 23 heavy (non-hydrogen) atoms. The van der Waals surface area contributed by atoms with Crippen molar-refractivity contribution in [2.24, 2.45) is 0 Å². The third kappa shape index (κ3) is 3.09. The molecule has 0 saturated heterocycles. The van der Waals surface area contributed by atoms with Gasteiger partial charge in [-0.05, 0) is 25.0 Å². The molecule has 0 spiro atoms. The van der Waals surface area contributed by atoms with Gasteiger partial charge in [0, 0.05) is 19.3 Å². The fourth-order valence-corrected chi connectivity index (χ4v) is 4.58. The van der Waals surface area contributed by atoms with E-state index < -0.39 is 10.0 Å². The molecule has 2 heterocycles. The highest BCUT2D eigenvalue weighted by Crippen LogP contribution is 2.33. The van der Waals surface area contributed by atoms with Crippen LogP contribution in [-0.4, -0.2) is 39.2 Å². The molecule has 1 aromatic heterocycles. The van der Waals surface area contributed by atoms with E-state index in [0.29, 0.717) is 17.4 Å². The van der Waals surface area contributed by atoms with Crippen LogP contribution < -0.4 is 9.21 Å².